The molecule has 0 fully saturated rings. The molecule has 1 heterocycles. The Balaban J connectivity index is 2.32. The summed E-state index contributed by atoms with van der Waals surface area (Å²) in [6.07, 6.45) is 0. The number of carbonyl (C=O) groups excluding carboxylic acids is 1. The zero-order chi connectivity index (χ0) is 16.6. The average molecular weight is 329 g/mol. The van der Waals surface area contributed by atoms with Crippen molar-refractivity contribution in [3.8, 4) is 0 Å². The molecule has 0 atom stereocenters. The lowest BCUT2D eigenvalue weighted by molar-refractivity contribution is 0.0999. The fourth-order valence-electron chi connectivity index (χ4n) is 2.65. The highest BCUT2D eigenvalue weighted by Crippen LogP contribution is 2.34. The van der Waals surface area contributed by atoms with Gasteiger partial charge in [-0.1, -0.05) is 42.5 Å². The van der Waals surface area contributed by atoms with Crippen LogP contribution in [0.1, 0.15) is 22.8 Å². The minimum Gasteiger partial charge on any atom is -0.505 e. The van der Waals surface area contributed by atoms with Crippen LogP contribution >= 0.6 is 0 Å². The molecule has 2 aromatic rings. The van der Waals surface area contributed by atoms with Crippen molar-refractivity contribution < 1.29 is 18.3 Å². The topological polar surface area (TPSA) is 74.7 Å². The predicted octanol–water partition coefficient (Wildman–Crippen LogP) is 2.82. The number of nitrogens with zero attached hydrogens (tertiary/aromatic N) is 1. The summed E-state index contributed by atoms with van der Waals surface area (Å²) in [4.78, 5) is 12.7. The summed E-state index contributed by atoms with van der Waals surface area (Å²) in [6, 6.07) is 14.5. The molecule has 0 saturated carbocycles. The Kier molecular flexibility index (Phi) is 3.69. The summed E-state index contributed by atoms with van der Waals surface area (Å²) in [6.45, 7) is 1.67. The number of hydrogen-bond donors (Lipinski definition) is 1. The molecule has 5 nitrogen and oxygen atoms in total. The minimum absolute atomic E-state index is 0.0311. The summed E-state index contributed by atoms with van der Waals surface area (Å²) in [5.41, 5.74) is 0.260. The Bertz CT molecular complexity index is 901. The van der Waals surface area contributed by atoms with Crippen LogP contribution in [0.3, 0.4) is 0 Å². The molecule has 0 unspecified atom stereocenters. The van der Waals surface area contributed by atoms with Gasteiger partial charge in [-0.05, 0) is 19.1 Å². The number of sulfonamides is 1. The molecule has 0 saturated heterocycles. The summed E-state index contributed by atoms with van der Waals surface area (Å²) in [5, 5.41) is 10.5. The molecule has 1 aliphatic rings. The maximum absolute atomic E-state index is 12.8. The Labute approximate surface area is 134 Å². The molecule has 0 aromatic heterocycles. The van der Waals surface area contributed by atoms with Crippen molar-refractivity contribution in [3.63, 3.8) is 0 Å². The number of Topliss-reactive ketones (excluding diaryl/α,β-unsaturated/α-hetero) is 1. The van der Waals surface area contributed by atoms with Crippen molar-refractivity contribution in [3.05, 3.63) is 71.4 Å². The van der Waals surface area contributed by atoms with E-state index >= 15 is 0 Å². The Morgan fingerprint density at radius 1 is 1.04 bits per heavy atom. The molecular formula is C17H15NO4S. The molecule has 0 aliphatic carbocycles. The monoisotopic (exact) mass is 329 g/mol. The van der Waals surface area contributed by atoms with Gasteiger partial charge in [-0.25, -0.2) is 8.42 Å². The highest BCUT2D eigenvalue weighted by molar-refractivity contribution is 7.89. The first kappa shape index (κ1) is 15.3. The number of rotatable bonds is 2. The van der Waals surface area contributed by atoms with Crippen LogP contribution in [0.4, 0.5) is 0 Å². The Hall–Kier alpha value is -2.60. The molecule has 2 aromatic carbocycles. The van der Waals surface area contributed by atoms with Gasteiger partial charge < -0.3 is 5.11 Å². The first-order chi connectivity index (χ1) is 11.0. The van der Waals surface area contributed by atoms with Crippen LogP contribution in [-0.4, -0.2) is 30.2 Å². The van der Waals surface area contributed by atoms with E-state index in [1.165, 1.54) is 12.1 Å². The van der Waals surface area contributed by atoms with Crippen LogP contribution in [0.5, 0.6) is 0 Å². The maximum atomic E-state index is 12.8. The van der Waals surface area contributed by atoms with Gasteiger partial charge in [0.1, 0.15) is 5.70 Å². The van der Waals surface area contributed by atoms with Gasteiger partial charge >= 0.3 is 0 Å². The van der Waals surface area contributed by atoms with E-state index in [9.17, 15) is 18.3 Å². The van der Waals surface area contributed by atoms with Gasteiger partial charge in [0, 0.05) is 17.7 Å². The predicted molar refractivity (Wildman–Crippen MR) is 86.3 cm³/mol. The van der Waals surface area contributed by atoms with Crippen LogP contribution in [0.2, 0.25) is 0 Å². The van der Waals surface area contributed by atoms with Gasteiger partial charge in [-0.2, -0.15) is 0 Å². The van der Waals surface area contributed by atoms with Crippen molar-refractivity contribution in [1.29, 1.82) is 0 Å². The lowest BCUT2D eigenvalue weighted by Gasteiger charge is -2.30. The molecule has 0 bridgehead atoms. The number of aliphatic hydroxyl groups is 1. The fraction of sp³-hybridized carbons (Fsp3) is 0.118. The van der Waals surface area contributed by atoms with Gasteiger partial charge in [0.25, 0.3) is 10.0 Å². The van der Waals surface area contributed by atoms with Gasteiger partial charge in [0.05, 0.1) is 4.90 Å². The molecular weight excluding hydrogens is 314 g/mol. The van der Waals surface area contributed by atoms with E-state index in [4.69, 9.17) is 0 Å². The van der Waals surface area contributed by atoms with E-state index in [0.29, 0.717) is 5.56 Å². The smallest absolute Gasteiger partial charge is 0.265 e. The van der Waals surface area contributed by atoms with E-state index in [1.807, 2.05) is 0 Å². The summed E-state index contributed by atoms with van der Waals surface area (Å²) in [5.74, 6) is -0.839. The maximum Gasteiger partial charge on any atom is 0.265 e. The zero-order valence-electron chi connectivity index (χ0n) is 12.4. The third-order valence-corrected chi connectivity index (χ3v) is 5.66. The Morgan fingerprint density at radius 3 is 2.30 bits per heavy atom. The molecule has 1 N–H and O–H groups in total. The van der Waals surface area contributed by atoms with Crippen molar-refractivity contribution in [2.24, 2.45) is 0 Å². The Morgan fingerprint density at radius 2 is 1.65 bits per heavy atom. The fourth-order valence-corrected chi connectivity index (χ4v) is 4.32. The van der Waals surface area contributed by atoms with E-state index in [2.05, 4.69) is 0 Å². The lowest BCUT2D eigenvalue weighted by atomic mass is 10.0. The van der Waals surface area contributed by atoms with Gasteiger partial charge in [0.2, 0.25) is 5.78 Å². The van der Waals surface area contributed by atoms with Gasteiger partial charge in [-0.3, -0.25) is 9.10 Å². The van der Waals surface area contributed by atoms with Crippen molar-refractivity contribution in [2.75, 3.05) is 6.54 Å². The van der Waals surface area contributed by atoms with Crippen LogP contribution in [0.25, 0.3) is 5.76 Å². The number of fused-ring (bicyclic) bond motifs is 1. The van der Waals surface area contributed by atoms with Gasteiger partial charge in [-0.15, -0.1) is 0 Å². The molecule has 118 valence electrons. The highest BCUT2D eigenvalue weighted by atomic mass is 32.2. The van der Waals surface area contributed by atoms with E-state index in [-0.39, 0.29) is 28.5 Å². The molecule has 3 rings (SSSR count). The van der Waals surface area contributed by atoms with Crippen LogP contribution in [0.15, 0.2) is 65.2 Å². The number of ketones is 1. The highest BCUT2D eigenvalue weighted by Gasteiger charge is 2.40. The number of carbonyl (C=O) groups is 1. The van der Waals surface area contributed by atoms with Crippen LogP contribution < -0.4 is 0 Å². The summed E-state index contributed by atoms with van der Waals surface area (Å²) >= 11 is 0. The number of likely N-dealkylation sites (N-methyl/N-ethyl adjacent to an activating group) is 1. The summed E-state index contributed by atoms with van der Waals surface area (Å²) in [7, 11) is -3.87. The molecule has 0 amide bonds. The largest absolute Gasteiger partial charge is 0.505 e. The molecule has 0 spiro atoms. The zero-order valence-corrected chi connectivity index (χ0v) is 13.2. The number of allylic oxidation sites excluding steroid dienone is 1. The van der Waals surface area contributed by atoms with Crippen molar-refractivity contribution >= 4 is 21.6 Å². The van der Waals surface area contributed by atoms with E-state index in [0.717, 1.165) is 4.31 Å². The standard InChI is InChI=1S/C17H15NO4S/c1-2-18-15(16(19)12-8-4-3-5-9-12)17(20)13-10-6-7-11-14(13)23(18,21)22/h3-11,19H,2H2,1H3/b16-15-. The first-order valence-electron chi connectivity index (χ1n) is 7.13. The average Bonchev–Trinajstić information content (AvgIpc) is 2.58. The lowest BCUT2D eigenvalue weighted by Crippen LogP contribution is -2.39. The van der Waals surface area contributed by atoms with Gasteiger partial charge in [0.15, 0.2) is 5.76 Å². The second-order valence-corrected chi connectivity index (χ2v) is 6.89. The number of aliphatic hydroxyl groups excluding tert-OH is 1. The van der Waals surface area contributed by atoms with Crippen molar-refractivity contribution in [2.45, 2.75) is 11.8 Å². The first-order valence-corrected chi connectivity index (χ1v) is 8.57. The minimum atomic E-state index is -3.87. The third-order valence-electron chi connectivity index (χ3n) is 3.72. The van der Waals surface area contributed by atoms with Crippen LogP contribution in [-0.2, 0) is 10.0 Å². The molecule has 0 radical (unpaired) electrons. The van der Waals surface area contributed by atoms with Crippen molar-refractivity contribution in [1.82, 2.24) is 4.31 Å². The number of benzene rings is 2. The number of hydrogen-bond acceptors (Lipinski definition) is 4. The quantitative estimate of drug-likeness (QED) is 0.679. The third kappa shape index (κ3) is 2.31. The molecule has 1 aliphatic heterocycles. The second kappa shape index (κ2) is 5.55. The molecule has 6 heteroatoms. The summed E-state index contributed by atoms with van der Waals surface area (Å²) < 4.78 is 26.5. The van der Waals surface area contributed by atoms with E-state index < -0.39 is 15.8 Å². The van der Waals surface area contributed by atoms with Crippen LogP contribution in [0, 0.1) is 0 Å². The second-order valence-electron chi connectivity index (χ2n) is 5.06. The normalized spacial score (nSPS) is 18.5. The SMILES string of the molecule is CCN1/C(=C(\O)c2ccccc2)C(=O)c2ccccc2S1(=O)=O. The molecule has 23 heavy (non-hydrogen) atoms. The van der Waals surface area contributed by atoms with E-state index in [1.54, 1.807) is 49.4 Å².